The number of benzene rings is 2. The first-order valence-corrected chi connectivity index (χ1v) is 10.5. The molecule has 4 rings (SSSR count). The van der Waals surface area contributed by atoms with Crippen molar-refractivity contribution in [1.82, 2.24) is 20.6 Å². The van der Waals surface area contributed by atoms with Crippen LogP contribution < -0.4 is 15.6 Å². The van der Waals surface area contributed by atoms with Gasteiger partial charge in [0.05, 0.1) is 16.1 Å². The number of hydrogen-bond donors (Lipinski definition) is 2. The third kappa shape index (κ3) is 4.99. The molecular formula is C23H20N4O3S. The standard InChI is InChI=1S/C23H20N4O3S/c1-16-7-5-10-18(13-16)30-15-21(28)24-25-23(29)19-14-27(17-8-3-2-4-9-17)26-22(19)20-11-6-12-31-20/h2-14H,15H2,1H3,(H,24,28)(H,25,29). The van der Waals surface area contributed by atoms with Crippen LogP contribution in [0.1, 0.15) is 15.9 Å². The van der Waals surface area contributed by atoms with Crippen molar-refractivity contribution in [2.45, 2.75) is 6.92 Å². The van der Waals surface area contributed by atoms with Crippen LogP contribution in [0.3, 0.4) is 0 Å². The number of carbonyl (C=O) groups excluding carboxylic acids is 2. The van der Waals surface area contributed by atoms with Gasteiger partial charge in [0, 0.05) is 6.20 Å². The summed E-state index contributed by atoms with van der Waals surface area (Å²) in [6.07, 6.45) is 1.65. The Balaban J connectivity index is 1.45. The SMILES string of the molecule is Cc1cccc(OCC(=O)NNC(=O)c2cn(-c3ccccc3)nc2-c2cccs2)c1. The zero-order valence-corrected chi connectivity index (χ0v) is 17.6. The van der Waals surface area contributed by atoms with Crippen molar-refractivity contribution in [1.29, 1.82) is 0 Å². The van der Waals surface area contributed by atoms with Crippen LogP contribution in [0.25, 0.3) is 16.3 Å². The molecule has 0 bridgehead atoms. The van der Waals surface area contributed by atoms with Crippen LogP contribution >= 0.6 is 11.3 Å². The second kappa shape index (κ2) is 9.27. The maximum absolute atomic E-state index is 12.8. The van der Waals surface area contributed by atoms with Gasteiger partial charge in [0.15, 0.2) is 6.61 Å². The van der Waals surface area contributed by atoms with E-state index in [1.54, 1.807) is 16.9 Å². The average Bonchev–Trinajstić information content (AvgIpc) is 3.46. The number of amides is 2. The van der Waals surface area contributed by atoms with Crippen molar-refractivity contribution in [3.05, 3.63) is 89.4 Å². The second-order valence-corrected chi connectivity index (χ2v) is 7.70. The molecule has 0 saturated carbocycles. The van der Waals surface area contributed by atoms with Crippen molar-refractivity contribution in [3.8, 4) is 22.0 Å². The maximum Gasteiger partial charge on any atom is 0.276 e. The first-order valence-electron chi connectivity index (χ1n) is 9.58. The number of carbonyl (C=O) groups is 2. The number of thiophene rings is 1. The van der Waals surface area contributed by atoms with Gasteiger partial charge in [-0.1, -0.05) is 36.4 Å². The molecular weight excluding hydrogens is 412 g/mol. The number of nitrogens with zero attached hydrogens (tertiary/aromatic N) is 2. The highest BCUT2D eigenvalue weighted by Crippen LogP contribution is 2.27. The smallest absolute Gasteiger partial charge is 0.276 e. The van der Waals surface area contributed by atoms with Crippen molar-refractivity contribution in [2.75, 3.05) is 6.61 Å². The van der Waals surface area contributed by atoms with E-state index in [4.69, 9.17) is 4.74 Å². The van der Waals surface area contributed by atoms with Gasteiger partial charge in [0.1, 0.15) is 11.4 Å². The molecule has 0 atom stereocenters. The van der Waals surface area contributed by atoms with E-state index in [2.05, 4.69) is 16.0 Å². The molecule has 2 heterocycles. The molecule has 2 amide bonds. The molecule has 0 fully saturated rings. The normalized spacial score (nSPS) is 10.5. The Morgan fingerprint density at radius 3 is 2.61 bits per heavy atom. The Bertz CT molecular complexity index is 1190. The maximum atomic E-state index is 12.8. The van der Waals surface area contributed by atoms with Gasteiger partial charge in [-0.15, -0.1) is 11.3 Å². The molecule has 2 aromatic carbocycles. The van der Waals surface area contributed by atoms with Crippen LogP contribution in [0.2, 0.25) is 0 Å². The Labute approximate surface area is 183 Å². The summed E-state index contributed by atoms with van der Waals surface area (Å²) < 4.78 is 7.10. The number of aryl methyl sites for hydroxylation is 1. The molecule has 0 unspecified atom stereocenters. The predicted octanol–water partition coefficient (Wildman–Crippen LogP) is 3.75. The fourth-order valence-electron chi connectivity index (χ4n) is 2.93. The number of nitrogens with one attached hydrogen (secondary N) is 2. The molecule has 0 aliphatic rings. The zero-order valence-electron chi connectivity index (χ0n) is 16.7. The highest BCUT2D eigenvalue weighted by atomic mass is 32.1. The summed E-state index contributed by atoms with van der Waals surface area (Å²) in [6.45, 7) is 1.72. The third-order valence-electron chi connectivity index (χ3n) is 4.41. The van der Waals surface area contributed by atoms with Gasteiger partial charge in [-0.2, -0.15) is 5.10 Å². The van der Waals surface area contributed by atoms with E-state index in [1.807, 2.05) is 73.0 Å². The molecule has 0 aliphatic carbocycles. The Hall–Kier alpha value is -3.91. The van der Waals surface area contributed by atoms with E-state index < -0.39 is 11.8 Å². The summed E-state index contributed by atoms with van der Waals surface area (Å²) in [5.74, 6) is -0.344. The fraction of sp³-hybridized carbons (Fsp3) is 0.0870. The lowest BCUT2D eigenvalue weighted by Crippen LogP contribution is -2.43. The van der Waals surface area contributed by atoms with Gasteiger partial charge in [0.2, 0.25) is 0 Å². The van der Waals surface area contributed by atoms with Crippen LogP contribution in [-0.2, 0) is 4.79 Å². The summed E-state index contributed by atoms with van der Waals surface area (Å²) in [5.41, 5.74) is 7.59. The van der Waals surface area contributed by atoms with Gasteiger partial charge in [-0.3, -0.25) is 20.4 Å². The van der Waals surface area contributed by atoms with Crippen LogP contribution in [0, 0.1) is 6.92 Å². The molecule has 4 aromatic rings. The van der Waals surface area contributed by atoms with Gasteiger partial charge in [-0.05, 0) is 48.2 Å². The number of para-hydroxylation sites is 1. The van der Waals surface area contributed by atoms with Crippen molar-refractivity contribution < 1.29 is 14.3 Å². The van der Waals surface area contributed by atoms with E-state index in [0.717, 1.165) is 16.1 Å². The number of hydrazine groups is 1. The first-order chi connectivity index (χ1) is 15.1. The van der Waals surface area contributed by atoms with Gasteiger partial charge in [-0.25, -0.2) is 4.68 Å². The number of hydrogen-bond acceptors (Lipinski definition) is 5. The quantitative estimate of drug-likeness (QED) is 0.455. The summed E-state index contributed by atoms with van der Waals surface area (Å²) in [6, 6.07) is 20.7. The minimum atomic E-state index is -0.469. The fourth-order valence-corrected chi connectivity index (χ4v) is 3.66. The Morgan fingerprint density at radius 1 is 1.03 bits per heavy atom. The Morgan fingerprint density at radius 2 is 1.87 bits per heavy atom. The summed E-state index contributed by atoms with van der Waals surface area (Å²) in [4.78, 5) is 25.8. The summed E-state index contributed by atoms with van der Waals surface area (Å²) in [5, 5.41) is 6.50. The molecule has 0 saturated heterocycles. The minimum absolute atomic E-state index is 0.217. The molecule has 0 aliphatic heterocycles. The molecule has 0 spiro atoms. The van der Waals surface area contributed by atoms with Gasteiger partial charge in [0.25, 0.3) is 11.8 Å². The Kier molecular flexibility index (Phi) is 6.09. The van der Waals surface area contributed by atoms with Crippen molar-refractivity contribution >= 4 is 23.2 Å². The van der Waals surface area contributed by atoms with Gasteiger partial charge < -0.3 is 4.74 Å². The first kappa shape index (κ1) is 20.4. The molecule has 8 heteroatoms. The molecule has 31 heavy (non-hydrogen) atoms. The van der Waals surface area contributed by atoms with Gasteiger partial charge >= 0.3 is 0 Å². The van der Waals surface area contributed by atoms with Crippen LogP contribution in [0.5, 0.6) is 5.75 Å². The third-order valence-corrected chi connectivity index (χ3v) is 5.29. The van der Waals surface area contributed by atoms with Crippen LogP contribution in [0.15, 0.2) is 78.3 Å². The number of aromatic nitrogens is 2. The summed E-state index contributed by atoms with van der Waals surface area (Å²) >= 11 is 1.48. The van der Waals surface area contributed by atoms with Crippen LogP contribution in [-0.4, -0.2) is 28.2 Å². The minimum Gasteiger partial charge on any atom is -0.484 e. The van der Waals surface area contributed by atoms with E-state index in [1.165, 1.54) is 11.3 Å². The lowest BCUT2D eigenvalue weighted by molar-refractivity contribution is -0.123. The van der Waals surface area contributed by atoms with E-state index in [9.17, 15) is 9.59 Å². The molecule has 2 N–H and O–H groups in total. The summed E-state index contributed by atoms with van der Waals surface area (Å²) in [7, 11) is 0. The van der Waals surface area contributed by atoms with Crippen LogP contribution in [0.4, 0.5) is 0 Å². The lowest BCUT2D eigenvalue weighted by Gasteiger charge is -2.09. The monoisotopic (exact) mass is 432 g/mol. The number of ether oxygens (including phenoxy) is 1. The van der Waals surface area contributed by atoms with Crippen molar-refractivity contribution in [2.24, 2.45) is 0 Å². The average molecular weight is 433 g/mol. The lowest BCUT2D eigenvalue weighted by atomic mass is 10.2. The molecule has 7 nitrogen and oxygen atoms in total. The molecule has 156 valence electrons. The molecule has 0 radical (unpaired) electrons. The zero-order chi connectivity index (χ0) is 21.6. The van der Waals surface area contributed by atoms with E-state index in [0.29, 0.717) is 17.0 Å². The predicted molar refractivity (Wildman–Crippen MR) is 119 cm³/mol. The second-order valence-electron chi connectivity index (χ2n) is 6.76. The number of rotatable bonds is 6. The highest BCUT2D eigenvalue weighted by Gasteiger charge is 2.20. The molecule has 2 aromatic heterocycles. The largest absolute Gasteiger partial charge is 0.484 e. The van der Waals surface area contributed by atoms with E-state index in [-0.39, 0.29) is 6.61 Å². The van der Waals surface area contributed by atoms with E-state index >= 15 is 0 Å². The highest BCUT2D eigenvalue weighted by molar-refractivity contribution is 7.13. The van der Waals surface area contributed by atoms with Crippen molar-refractivity contribution in [3.63, 3.8) is 0 Å². The topological polar surface area (TPSA) is 85.3 Å².